The number of likely N-dealkylation sites (tertiary alicyclic amines) is 1. The third-order valence-corrected chi connectivity index (χ3v) is 5.12. The minimum Gasteiger partial charge on any atom is -0.449 e. The lowest BCUT2D eigenvalue weighted by molar-refractivity contribution is 0.0192. The molecule has 4 rings (SSSR count). The van der Waals surface area contributed by atoms with Crippen LogP contribution in [-0.4, -0.2) is 67.2 Å². The average Bonchev–Trinajstić information content (AvgIpc) is 3.28. The van der Waals surface area contributed by atoms with Gasteiger partial charge in [0.25, 0.3) is 5.91 Å². The number of halogens is 1. The van der Waals surface area contributed by atoms with Crippen molar-refractivity contribution in [3.63, 3.8) is 0 Å². The SMILES string of the molecule is NC(=O)c1oc2ccc(F)cc2c1NC(=O)N1CC[C@@H](N2CCOCC2)C1. The van der Waals surface area contributed by atoms with E-state index in [1.807, 2.05) is 0 Å². The molecule has 2 aliphatic rings. The van der Waals surface area contributed by atoms with E-state index in [0.717, 1.165) is 19.5 Å². The van der Waals surface area contributed by atoms with Crippen molar-refractivity contribution in [3.8, 4) is 0 Å². The highest BCUT2D eigenvalue weighted by Crippen LogP contribution is 2.32. The number of primary amides is 1. The zero-order valence-electron chi connectivity index (χ0n) is 14.7. The van der Waals surface area contributed by atoms with Gasteiger partial charge in [0, 0.05) is 37.6 Å². The van der Waals surface area contributed by atoms with Gasteiger partial charge in [-0.05, 0) is 24.6 Å². The van der Waals surface area contributed by atoms with Gasteiger partial charge in [-0.15, -0.1) is 0 Å². The summed E-state index contributed by atoms with van der Waals surface area (Å²) in [5, 5.41) is 3.00. The fourth-order valence-electron chi connectivity index (χ4n) is 3.72. The zero-order chi connectivity index (χ0) is 19.0. The third-order valence-electron chi connectivity index (χ3n) is 5.12. The second kappa shape index (κ2) is 7.16. The van der Waals surface area contributed by atoms with E-state index in [0.29, 0.717) is 31.7 Å². The van der Waals surface area contributed by atoms with Crippen LogP contribution in [0, 0.1) is 5.82 Å². The lowest BCUT2D eigenvalue weighted by Gasteiger charge is -2.32. The Morgan fingerprint density at radius 1 is 1.22 bits per heavy atom. The highest BCUT2D eigenvalue weighted by Gasteiger charge is 2.32. The number of morpholine rings is 1. The van der Waals surface area contributed by atoms with Crippen molar-refractivity contribution in [3.05, 3.63) is 29.8 Å². The minimum atomic E-state index is -0.825. The van der Waals surface area contributed by atoms with Crippen LogP contribution in [0.3, 0.4) is 0 Å². The van der Waals surface area contributed by atoms with Crippen molar-refractivity contribution >= 4 is 28.6 Å². The second-order valence-corrected chi connectivity index (χ2v) is 6.78. The molecule has 27 heavy (non-hydrogen) atoms. The number of furan rings is 1. The summed E-state index contributed by atoms with van der Waals surface area (Å²) in [6, 6.07) is 3.75. The molecule has 1 aromatic heterocycles. The molecule has 9 heteroatoms. The summed E-state index contributed by atoms with van der Waals surface area (Å²) in [5.41, 5.74) is 5.75. The first kappa shape index (κ1) is 17.7. The highest BCUT2D eigenvalue weighted by atomic mass is 19.1. The molecule has 3 amide bonds. The van der Waals surface area contributed by atoms with Crippen LogP contribution in [0.4, 0.5) is 14.9 Å². The van der Waals surface area contributed by atoms with Crippen LogP contribution in [0.25, 0.3) is 11.0 Å². The Kier molecular flexibility index (Phi) is 4.71. The summed E-state index contributed by atoms with van der Waals surface area (Å²) >= 11 is 0. The molecule has 0 saturated carbocycles. The summed E-state index contributed by atoms with van der Waals surface area (Å²) in [4.78, 5) is 28.4. The molecule has 2 aliphatic heterocycles. The molecule has 1 atom stereocenters. The van der Waals surface area contributed by atoms with Gasteiger partial charge in [-0.3, -0.25) is 9.69 Å². The fourth-order valence-corrected chi connectivity index (χ4v) is 3.72. The Bertz CT molecular complexity index is 878. The van der Waals surface area contributed by atoms with Gasteiger partial charge < -0.3 is 25.1 Å². The second-order valence-electron chi connectivity index (χ2n) is 6.78. The van der Waals surface area contributed by atoms with Gasteiger partial charge in [0.05, 0.1) is 13.2 Å². The Balaban J connectivity index is 1.52. The normalized spacial score (nSPS) is 20.9. The van der Waals surface area contributed by atoms with Crippen LogP contribution in [0.2, 0.25) is 0 Å². The van der Waals surface area contributed by atoms with Gasteiger partial charge in [0.15, 0.2) is 0 Å². The minimum absolute atomic E-state index is 0.108. The summed E-state index contributed by atoms with van der Waals surface area (Å²) in [6.07, 6.45) is 0.872. The number of ether oxygens (including phenoxy) is 1. The van der Waals surface area contributed by atoms with E-state index >= 15 is 0 Å². The molecule has 2 fully saturated rings. The maximum Gasteiger partial charge on any atom is 0.322 e. The summed E-state index contributed by atoms with van der Waals surface area (Å²) in [6.45, 7) is 4.31. The van der Waals surface area contributed by atoms with Crippen LogP contribution in [0.5, 0.6) is 0 Å². The lowest BCUT2D eigenvalue weighted by atomic mass is 10.2. The van der Waals surface area contributed by atoms with Gasteiger partial charge in [-0.1, -0.05) is 0 Å². The van der Waals surface area contributed by atoms with Crippen molar-refractivity contribution < 1.29 is 23.1 Å². The Morgan fingerprint density at radius 3 is 2.74 bits per heavy atom. The molecule has 0 unspecified atom stereocenters. The molecule has 0 aliphatic carbocycles. The van der Waals surface area contributed by atoms with Crippen LogP contribution >= 0.6 is 0 Å². The van der Waals surface area contributed by atoms with Gasteiger partial charge in [0.2, 0.25) is 5.76 Å². The number of rotatable bonds is 3. The molecule has 2 aromatic rings. The van der Waals surface area contributed by atoms with Gasteiger partial charge in [0.1, 0.15) is 17.1 Å². The van der Waals surface area contributed by atoms with Crippen molar-refractivity contribution in [1.82, 2.24) is 9.80 Å². The topological polar surface area (TPSA) is 101 Å². The van der Waals surface area contributed by atoms with E-state index in [9.17, 15) is 14.0 Å². The zero-order valence-corrected chi connectivity index (χ0v) is 14.7. The molecule has 8 nitrogen and oxygen atoms in total. The van der Waals surface area contributed by atoms with E-state index in [-0.39, 0.29) is 29.1 Å². The van der Waals surface area contributed by atoms with Crippen LogP contribution in [-0.2, 0) is 4.74 Å². The molecule has 0 spiro atoms. The third kappa shape index (κ3) is 3.47. The Morgan fingerprint density at radius 2 is 2.00 bits per heavy atom. The van der Waals surface area contributed by atoms with Crippen LogP contribution < -0.4 is 11.1 Å². The van der Waals surface area contributed by atoms with Gasteiger partial charge >= 0.3 is 6.03 Å². The number of nitrogens with two attached hydrogens (primary N) is 1. The number of urea groups is 1. The fraction of sp³-hybridized carbons (Fsp3) is 0.444. The van der Waals surface area contributed by atoms with Crippen LogP contribution in [0.1, 0.15) is 17.0 Å². The largest absolute Gasteiger partial charge is 0.449 e. The Hall–Kier alpha value is -2.65. The molecular formula is C18H21FN4O4. The molecule has 1 aromatic carbocycles. The van der Waals surface area contributed by atoms with Gasteiger partial charge in [-0.25, -0.2) is 9.18 Å². The number of carbonyl (C=O) groups is 2. The van der Waals surface area contributed by atoms with Gasteiger partial charge in [-0.2, -0.15) is 0 Å². The number of anilines is 1. The lowest BCUT2D eigenvalue weighted by Crippen LogP contribution is -2.45. The predicted octanol–water partition coefficient (Wildman–Crippen LogP) is 1.61. The number of fused-ring (bicyclic) bond motifs is 1. The number of nitrogens with one attached hydrogen (secondary N) is 1. The van der Waals surface area contributed by atoms with Crippen molar-refractivity contribution in [2.45, 2.75) is 12.5 Å². The van der Waals surface area contributed by atoms with Crippen molar-refractivity contribution in [1.29, 1.82) is 0 Å². The quantitative estimate of drug-likeness (QED) is 0.848. The molecule has 144 valence electrons. The number of hydrogen-bond acceptors (Lipinski definition) is 5. The smallest absolute Gasteiger partial charge is 0.322 e. The molecule has 3 heterocycles. The van der Waals surface area contributed by atoms with Crippen molar-refractivity contribution in [2.24, 2.45) is 5.73 Å². The average molecular weight is 376 g/mol. The maximum absolute atomic E-state index is 13.6. The molecule has 2 saturated heterocycles. The summed E-state index contributed by atoms with van der Waals surface area (Å²) < 4.78 is 24.4. The molecule has 0 radical (unpaired) electrons. The number of carbonyl (C=O) groups excluding carboxylic acids is 2. The number of amides is 3. The first-order valence-corrected chi connectivity index (χ1v) is 8.92. The van der Waals surface area contributed by atoms with E-state index in [1.54, 1.807) is 4.90 Å². The maximum atomic E-state index is 13.6. The summed E-state index contributed by atoms with van der Waals surface area (Å²) in [7, 11) is 0. The predicted molar refractivity (Wildman–Crippen MR) is 96.1 cm³/mol. The van der Waals surface area contributed by atoms with E-state index in [1.165, 1.54) is 18.2 Å². The first-order chi connectivity index (χ1) is 13.0. The highest BCUT2D eigenvalue weighted by molar-refractivity contribution is 6.10. The first-order valence-electron chi connectivity index (χ1n) is 8.92. The van der Waals surface area contributed by atoms with Crippen LogP contribution in [0.15, 0.2) is 22.6 Å². The van der Waals surface area contributed by atoms with E-state index in [4.69, 9.17) is 14.9 Å². The van der Waals surface area contributed by atoms with E-state index < -0.39 is 11.7 Å². The number of hydrogen-bond donors (Lipinski definition) is 2. The molecule has 3 N–H and O–H groups in total. The molecular weight excluding hydrogens is 355 g/mol. The summed E-state index contributed by atoms with van der Waals surface area (Å²) in [5.74, 6) is -1.51. The standard InChI is InChI=1S/C18H21FN4O4/c19-11-1-2-14-13(9-11)15(16(27-14)17(20)24)21-18(25)23-4-3-12(10-23)22-5-7-26-8-6-22/h1-2,9,12H,3-8,10H2,(H2,20,24)(H,21,25)/t12-/m1/s1. The Labute approximate surface area is 155 Å². The monoisotopic (exact) mass is 376 g/mol. The molecule has 0 bridgehead atoms. The number of benzene rings is 1. The number of nitrogens with zero attached hydrogens (tertiary/aromatic N) is 2. The van der Waals surface area contributed by atoms with E-state index in [2.05, 4.69) is 10.2 Å². The van der Waals surface area contributed by atoms with Crippen molar-refractivity contribution in [2.75, 3.05) is 44.7 Å².